The molecule has 1 fully saturated rings. The maximum absolute atomic E-state index is 13.5. The summed E-state index contributed by atoms with van der Waals surface area (Å²) in [6.45, 7) is 4.15. The Balaban J connectivity index is 2.02. The number of methoxy groups -OCH3 is 3. The lowest BCUT2D eigenvalue weighted by Crippen LogP contribution is -2.31. The van der Waals surface area contributed by atoms with Gasteiger partial charge in [0.2, 0.25) is 10.0 Å². The molecule has 0 aromatic heterocycles. The molecule has 2 aromatic rings. The van der Waals surface area contributed by atoms with Crippen LogP contribution < -0.4 is 14.2 Å². The first-order chi connectivity index (χ1) is 13.3. The highest BCUT2D eigenvalue weighted by molar-refractivity contribution is 8.01. The van der Waals surface area contributed by atoms with E-state index in [1.165, 1.54) is 0 Å². The first-order valence-corrected chi connectivity index (χ1v) is 11.3. The summed E-state index contributed by atoms with van der Waals surface area (Å²) in [6, 6.07) is 8.88. The Morgan fingerprint density at radius 2 is 1.57 bits per heavy atom. The summed E-state index contributed by atoms with van der Waals surface area (Å²) in [5.41, 5.74) is 2.41. The average Bonchev–Trinajstić information content (AvgIpc) is 3.20. The normalized spacial score (nSPS) is 17.5. The molecule has 152 valence electrons. The van der Waals surface area contributed by atoms with Crippen molar-refractivity contribution in [2.24, 2.45) is 0 Å². The van der Waals surface area contributed by atoms with E-state index >= 15 is 0 Å². The predicted octanol–water partition coefficient (Wildman–Crippen LogP) is 3.77. The lowest BCUT2D eigenvalue weighted by atomic mass is 10.1. The van der Waals surface area contributed by atoms with E-state index in [4.69, 9.17) is 14.2 Å². The summed E-state index contributed by atoms with van der Waals surface area (Å²) < 4.78 is 44.5. The molecule has 6 nitrogen and oxygen atoms in total. The summed E-state index contributed by atoms with van der Waals surface area (Å²) in [6.07, 6.45) is 0. The first-order valence-electron chi connectivity index (χ1n) is 8.84. The highest BCUT2D eigenvalue weighted by atomic mass is 32.2. The van der Waals surface area contributed by atoms with Crippen LogP contribution in [0.5, 0.6) is 17.2 Å². The molecule has 0 aliphatic carbocycles. The fraction of sp³-hybridized carbons (Fsp3) is 0.400. The van der Waals surface area contributed by atoms with Gasteiger partial charge in [-0.15, -0.1) is 11.8 Å². The van der Waals surface area contributed by atoms with E-state index in [1.807, 2.05) is 26.0 Å². The molecule has 0 spiro atoms. The number of sulfonamides is 1. The Morgan fingerprint density at radius 1 is 0.929 bits per heavy atom. The van der Waals surface area contributed by atoms with Crippen molar-refractivity contribution in [3.05, 3.63) is 47.0 Å². The fourth-order valence-corrected chi connectivity index (χ4v) is 6.88. The molecule has 1 aliphatic rings. The lowest BCUT2D eigenvalue weighted by Gasteiger charge is -2.25. The monoisotopic (exact) mass is 423 g/mol. The Morgan fingerprint density at radius 3 is 2.21 bits per heavy atom. The van der Waals surface area contributed by atoms with Crippen molar-refractivity contribution in [1.82, 2.24) is 4.31 Å². The van der Waals surface area contributed by atoms with Gasteiger partial charge in [-0.3, -0.25) is 0 Å². The van der Waals surface area contributed by atoms with E-state index in [0.29, 0.717) is 34.3 Å². The van der Waals surface area contributed by atoms with Crippen LogP contribution >= 0.6 is 11.8 Å². The molecule has 3 rings (SSSR count). The van der Waals surface area contributed by atoms with Crippen molar-refractivity contribution in [1.29, 1.82) is 0 Å². The van der Waals surface area contributed by atoms with Crippen LogP contribution in [0.2, 0.25) is 0 Å². The molecule has 0 saturated carbocycles. The van der Waals surface area contributed by atoms with Crippen LogP contribution in [0, 0.1) is 13.8 Å². The number of benzene rings is 2. The van der Waals surface area contributed by atoms with Crippen molar-refractivity contribution in [2.45, 2.75) is 24.1 Å². The van der Waals surface area contributed by atoms with Crippen molar-refractivity contribution in [2.75, 3.05) is 33.6 Å². The molecule has 28 heavy (non-hydrogen) atoms. The standard InChI is InChI=1S/C20H25NO5S2/c1-13-14(2)19(9-8-16(13)24-3)28(22,23)21-10-11-27-20(21)15-6-7-17(25-4)18(12-15)26-5/h6-9,12,20H,10-11H2,1-5H3. The quantitative estimate of drug-likeness (QED) is 0.705. The summed E-state index contributed by atoms with van der Waals surface area (Å²) in [5.74, 6) is 2.61. The summed E-state index contributed by atoms with van der Waals surface area (Å²) in [5, 5.41) is -0.313. The zero-order valence-electron chi connectivity index (χ0n) is 16.7. The third-order valence-electron chi connectivity index (χ3n) is 5.04. The Bertz CT molecular complexity index is 975. The van der Waals surface area contributed by atoms with Crippen LogP contribution in [0.25, 0.3) is 0 Å². The maximum atomic E-state index is 13.5. The summed E-state index contributed by atoms with van der Waals surface area (Å²) in [4.78, 5) is 0.318. The van der Waals surface area contributed by atoms with Crippen LogP contribution in [0.15, 0.2) is 35.2 Å². The van der Waals surface area contributed by atoms with E-state index in [0.717, 1.165) is 16.9 Å². The van der Waals surface area contributed by atoms with Gasteiger partial charge in [0.25, 0.3) is 0 Å². The van der Waals surface area contributed by atoms with Gasteiger partial charge < -0.3 is 14.2 Å². The molecule has 1 saturated heterocycles. The minimum atomic E-state index is -3.66. The van der Waals surface area contributed by atoms with Crippen molar-refractivity contribution in [3.63, 3.8) is 0 Å². The molecule has 1 heterocycles. The van der Waals surface area contributed by atoms with E-state index in [2.05, 4.69) is 0 Å². The Hall–Kier alpha value is -1.90. The Labute approximate surface area is 170 Å². The SMILES string of the molecule is COc1ccc(C2SCCN2S(=O)(=O)c2ccc(OC)c(C)c2C)cc1OC. The van der Waals surface area contributed by atoms with E-state index in [1.54, 1.807) is 55.6 Å². The molecule has 2 aromatic carbocycles. The third-order valence-corrected chi connectivity index (χ3v) is 8.44. The van der Waals surface area contributed by atoms with Crippen LogP contribution in [0.3, 0.4) is 0 Å². The molecule has 1 atom stereocenters. The number of ether oxygens (including phenoxy) is 3. The second kappa shape index (κ2) is 8.23. The van der Waals surface area contributed by atoms with Crippen molar-refractivity contribution < 1.29 is 22.6 Å². The minimum absolute atomic E-state index is 0.313. The molecular formula is C20H25NO5S2. The van der Waals surface area contributed by atoms with Gasteiger partial charge in [-0.25, -0.2) is 8.42 Å². The van der Waals surface area contributed by atoms with Gasteiger partial charge in [0.1, 0.15) is 5.75 Å². The zero-order valence-corrected chi connectivity index (χ0v) is 18.3. The largest absolute Gasteiger partial charge is 0.496 e. The van der Waals surface area contributed by atoms with Crippen LogP contribution in [-0.4, -0.2) is 46.4 Å². The topological polar surface area (TPSA) is 65.1 Å². The molecular weight excluding hydrogens is 398 g/mol. The van der Waals surface area contributed by atoms with Gasteiger partial charge in [-0.1, -0.05) is 6.07 Å². The van der Waals surface area contributed by atoms with E-state index in [9.17, 15) is 8.42 Å². The number of hydrogen-bond acceptors (Lipinski definition) is 6. The molecule has 1 unspecified atom stereocenters. The molecule has 8 heteroatoms. The lowest BCUT2D eigenvalue weighted by molar-refractivity contribution is 0.353. The molecule has 0 N–H and O–H groups in total. The van der Waals surface area contributed by atoms with Gasteiger partial charge in [0.15, 0.2) is 11.5 Å². The molecule has 0 bridgehead atoms. The van der Waals surface area contributed by atoms with E-state index in [-0.39, 0.29) is 5.37 Å². The minimum Gasteiger partial charge on any atom is -0.496 e. The number of nitrogens with zero attached hydrogens (tertiary/aromatic N) is 1. The smallest absolute Gasteiger partial charge is 0.244 e. The summed E-state index contributed by atoms with van der Waals surface area (Å²) >= 11 is 1.60. The van der Waals surface area contributed by atoms with Crippen molar-refractivity contribution >= 4 is 21.8 Å². The maximum Gasteiger partial charge on any atom is 0.244 e. The van der Waals surface area contributed by atoms with Gasteiger partial charge >= 0.3 is 0 Å². The number of thioether (sulfide) groups is 1. The molecule has 0 radical (unpaired) electrons. The third kappa shape index (κ3) is 3.56. The first kappa shape index (κ1) is 20.8. The van der Waals surface area contributed by atoms with Gasteiger partial charge in [0.05, 0.1) is 31.6 Å². The molecule has 1 aliphatic heterocycles. The summed E-state index contributed by atoms with van der Waals surface area (Å²) in [7, 11) is 1.07. The fourth-order valence-electron chi connectivity index (χ4n) is 3.37. The van der Waals surface area contributed by atoms with Crippen LogP contribution in [0.4, 0.5) is 0 Å². The van der Waals surface area contributed by atoms with Gasteiger partial charge in [-0.05, 0) is 54.8 Å². The van der Waals surface area contributed by atoms with E-state index < -0.39 is 10.0 Å². The average molecular weight is 424 g/mol. The second-order valence-corrected chi connectivity index (χ2v) is 9.52. The highest BCUT2D eigenvalue weighted by Crippen LogP contribution is 2.44. The van der Waals surface area contributed by atoms with Crippen LogP contribution in [-0.2, 0) is 10.0 Å². The predicted molar refractivity (Wildman–Crippen MR) is 111 cm³/mol. The van der Waals surface area contributed by atoms with Gasteiger partial charge in [-0.2, -0.15) is 4.31 Å². The number of hydrogen-bond donors (Lipinski definition) is 0. The van der Waals surface area contributed by atoms with Gasteiger partial charge in [0, 0.05) is 12.3 Å². The number of rotatable bonds is 6. The van der Waals surface area contributed by atoms with Crippen molar-refractivity contribution in [3.8, 4) is 17.2 Å². The molecule has 0 amide bonds. The van der Waals surface area contributed by atoms with Crippen LogP contribution in [0.1, 0.15) is 22.1 Å². The highest BCUT2D eigenvalue weighted by Gasteiger charge is 2.38. The zero-order chi connectivity index (χ0) is 20.5. The Kier molecular flexibility index (Phi) is 6.12. The second-order valence-electron chi connectivity index (χ2n) is 6.47.